The van der Waals surface area contributed by atoms with Crippen LogP contribution in [0.4, 0.5) is 11.4 Å². The van der Waals surface area contributed by atoms with E-state index >= 15 is 0 Å². The summed E-state index contributed by atoms with van der Waals surface area (Å²) < 4.78 is 0. The minimum Gasteiger partial charge on any atom is -0.373 e. The molecular weight excluding hydrogens is 270 g/mol. The number of fused-ring (bicyclic) bond motifs is 1. The van der Waals surface area contributed by atoms with Crippen LogP contribution in [0.3, 0.4) is 0 Å². The summed E-state index contributed by atoms with van der Waals surface area (Å²) in [5, 5.41) is 10.8. The second-order valence-electron chi connectivity index (χ2n) is 5.95. The Balaban J connectivity index is 1.94. The number of hydrogen-bond acceptors (Lipinski definition) is 4. The first kappa shape index (κ1) is 13.9. The number of rotatable bonds is 2. The Hall–Kier alpha value is -2.11. The van der Waals surface area contributed by atoms with E-state index < -0.39 is 12.0 Å². The standard InChI is InChI=1S/C15H19N3O3/c1-10-7-8-16(2)12-5-3-4-6-13(12)17(10)15(19)11-9-14(11)18(20)21/h3-6,10-11,14H,7-9H2,1-2H3/t10-,11+,14-/m1/s1. The van der Waals surface area contributed by atoms with E-state index in [2.05, 4.69) is 4.90 Å². The van der Waals surface area contributed by atoms with Crippen LogP contribution in [0, 0.1) is 16.0 Å². The Morgan fingerprint density at radius 1 is 1.33 bits per heavy atom. The molecule has 0 unspecified atom stereocenters. The van der Waals surface area contributed by atoms with Crippen LogP contribution in [0.2, 0.25) is 0 Å². The number of para-hydroxylation sites is 2. The fourth-order valence-corrected chi connectivity index (χ4v) is 3.05. The van der Waals surface area contributed by atoms with Crippen molar-refractivity contribution < 1.29 is 9.72 Å². The average molecular weight is 289 g/mol. The van der Waals surface area contributed by atoms with Crippen molar-refractivity contribution >= 4 is 17.3 Å². The zero-order valence-electron chi connectivity index (χ0n) is 12.2. The molecule has 1 aromatic rings. The lowest BCUT2D eigenvalue weighted by Crippen LogP contribution is -2.40. The zero-order chi connectivity index (χ0) is 15.1. The number of anilines is 2. The summed E-state index contributed by atoms with van der Waals surface area (Å²) in [7, 11) is 2.01. The lowest BCUT2D eigenvalue weighted by molar-refractivity contribution is -0.497. The van der Waals surface area contributed by atoms with Gasteiger partial charge in [0.05, 0.1) is 11.4 Å². The Morgan fingerprint density at radius 3 is 2.62 bits per heavy atom. The molecule has 0 spiro atoms. The van der Waals surface area contributed by atoms with Crippen molar-refractivity contribution in [1.82, 2.24) is 0 Å². The molecule has 0 radical (unpaired) electrons. The van der Waals surface area contributed by atoms with Gasteiger partial charge in [-0.3, -0.25) is 14.9 Å². The highest BCUT2D eigenvalue weighted by Gasteiger charge is 2.55. The van der Waals surface area contributed by atoms with Gasteiger partial charge in [-0.25, -0.2) is 0 Å². The van der Waals surface area contributed by atoms with Gasteiger partial charge in [0.1, 0.15) is 5.92 Å². The predicted molar refractivity (Wildman–Crippen MR) is 80.2 cm³/mol. The van der Waals surface area contributed by atoms with Crippen LogP contribution in [0.1, 0.15) is 19.8 Å². The molecule has 3 atom stereocenters. The molecular formula is C15H19N3O3. The topological polar surface area (TPSA) is 66.7 Å². The van der Waals surface area contributed by atoms with Gasteiger partial charge in [-0.05, 0) is 25.5 Å². The highest BCUT2D eigenvalue weighted by Crippen LogP contribution is 2.40. The Bertz CT molecular complexity index is 589. The quantitative estimate of drug-likeness (QED) is 0.616. The molecule has 6 heteroatoms. The third kappa shape index (κ3) is 2.34. The van der Waals surface area contributed by atoms with Crippen LogP contribution < -0.4 is 9.80 Å². The van der Waals surface area contributed by atoms with Crippen molar-refractivity contribution in [3.05, 3.63) is 34.4 Å². The van der Waals surface area contributed by atoms with Gasteiger partial charge in [-0.2, -0.15) is 0 Å². The van der Waals surface area contributed by atoms with Crippen molar-refractivity contribution in [2.75, 3.05) is 23.4 Å². The molecule has 1 heterocycles. The van der Waals surface area contributed by atoms with Gasteiger partial charge in [-0.15, -0.1) is 0 Å². The summed E-state index contributed by atoms with van der Waals surface area (Å²) in [6.45, 7) is 2.88. The van der Waals surface area contributed by atoms with Crippen LogP contribution in [0.5, 0.6) is 0 Å². The SMILES string of the molecule is C[C@@H]1CCN(C)c2ccccc2N1C(=O)[C@H]1C[C@H]1[N+](=O)[O-]. The first-order valence-corrected chi connectivity index (χ1v) is 7.27. The fraction of sp³-hybridized carbons (Fsp3) is 0.533. The number of nitro groups is 1. The van der Waals surface area contributed by atoms with E-state index in [0.29, 0.717) is 6.42 Å². The molecule has 2 aliphatic rings. The zero-order valence-corrected chi connectivity index (χ0v) is 12.2. The van der Waals surface area contributed by atoms with Crippen LogP contribution >= 0.6 is 0 Å². The van der Waals surface area contributed by atoms with Gasteiger partial charge in [0.2, 0.25) is 11.9 Å². The van der Waals surface area contributed by atoms with E-state index in [4.69, 9.17) is 0 Å². The summed E-state index contributed by atoms with van der Waals surface area (Å²) in [6.07, 6.45) is 1.22. The van der Waals surface area contributed by atoms with Crippen LogP contribution in [0.15, 0.2) is 24.3 Å². The van der Waals surface area contributed by atoms with Crippen molar-refractivity contribution in [2.24, 2.45) is 5.92 Å². The van der Waals surface area contributed by atoms with Gasteiger partial charge >= 0.3 is 0 Å². The number of carbonyl (C=O) groups is 1. The Morgan fingerprint density at radius 2 is 2.00 bits per heavy atom. The maximum atomic E-state index is 12.7. The van der Waals surface area contributed by atoms with E-state index in [1.54, 1.807) is 4.90 Å². The first-order valence-electron chi connectivity index (χ1n) is 7.27. The van der Waals surface area contributed by atoms with E-state index in [-0.39, 0.29) is 16.9 Å². The lowest BCUT2D eigenvalue weighted by Gasteiger charge is -2.28. The number of carbonyl (C=O) groups excluding carboxylic acids is 1. The summed E-state index contributed by atoms with van der Waals surface area (Å²) in [5.74, 6) is -0.564. The van der Waals surface area contributed by atoms with Crippen molar-refractivity contribution in [2.45, 2.75) is 31.8 Å². The molecule has 1 aromatic carbocycles. The van der Waals surface area contributed by atoms with Gasteiger partial charge < -0.3 is 9.80 Å². The maximum Gasteiger partial charge on any atom is 0.237 e. The van der Waals surface area contributed by atoms with E-state index in [0.717, 1.165) is 24.3 Å². The molecule has 0 aromatic heterocycles. The third-order valence-corrected chi connectivity index (χ3v) is 4.46. The molecule has 21 heavy (non-hydrogen) atoms. The molecule has 1 amide bonds. The summed E-state index contributed by atoms with van der Waals surface area (Å²) in [4.78, 5) is 27.1. The number of nitrogens with zero attached hydrogens (tertiary/aromatic N) is 3. The van der Waals surface area contributed by atoms with E-state index in [1.807, 2.05) is 38.2 Å². The Labute approximate surface area is 123 Å². The molecule has 3 rings (SSSR count). The summed E-state index contributed by atoms with van der Waals surface area (Å²) in [6, 6.07) is 7.13. The van der Waals surface area contributed by atoms with Crippen molar-refractivity contribution in [1.29, 1.82) is 0 Å². The smallest absolute Gasteiger partial charge is 0.237 e. The van der Waals surface area contributed by atoms with Crippen molar-refractivity contribution in [3.63, 3.8) is 0 Å². The molecule has 112 valence electrons. The summed E-state index contributed by atoms with van der Waals surface area (Å²) >= 11 is 0. The summed E-state index contributed by atoms with van der Waals surface area (Å²) in [5.41, 5.74) is 1.87. The molecule has 0 bridgehead atoms. The average Bonchev–Trinajstić information content (AvgIpc) is 3.26. The molecule has 1 aliphatic heterocycles. The van der Waals surface area contributed by atoms with Crippen molar-refractivity contribution in [3.8, 4) is 0 Å². The monoisotopic (exact) mass is 289 g/mol. The van der Waals surface area contributed by atoms with Gasteiger partial charge in [0.15, 0.2) is 0 Å². The predicted octanol–water partition coefficient (Wildman–Crippen LogP) is 1.91. The van der Waals surface area contributed by atoms with Crippen LogP contribution in [-0.2, 0) is 4.79 Å². The molecule has 0 N–H and O–H groups in total. The van der Waals surface area contributed by atoms with E-state index in [1.165, 1.54) is 0 Å². The fourth-order valence-electron chi connectivity index (χ4n) is 3.05. The third-order valence-electron chi connectivity index (χ3n) is 4.46. The van der Waals surface area contributed by atoms with Gasteiger partial charge in [0, 0.05) is 31.0 Å². The highest BCUT2D eigenvalue weighted by atomic mass is 16.6. The minimum atomic E-state index is -0.696. The highest BCUT2D eigenvalue weighted by molar-refractivity contribution is 6.00. The molecule has 1 aliphatic carbocycles. The largest absolute Gasteiger partial charge is 0.373 e. The Kier molecular flexibility index (Phi) is 3.31. The molecule has 6 nitrogen and oxygen atoms in total. The maximum absolute atomic E-state index is 12.7. The number of amides is 1. The minimum absolute atomic E-state index is 0.0524. The van der Waals surface area contributed by atoms with Gasteiger partial charge in [0.25, 0.3) is 0 Å². The number of hydrogen-bond donors (Lipinski definition) is 0. The first-order chi connectivity index (χ1) is 10.0. The van der Waals surface area contributed by atoms with E-state index in [9.17, 15) is 14.9 Å². The number of benzene rings is 1. The molecule has 1 fully saturated rings. The lowest BCUT2D eigenvalue weighted by atomic mass is 10.1. The second-order valence-corrected chi connectivity index (χ2v) is 5.95. The molecule has 0 saturated heterocycles. The second kappa shape index (κ2) is 5.02. The molecule has 1 saturated carbocycles. The van der Waals surface area contributed by atoms with Gasteiger partial charge in [-0.1, -0.05) is 12.1 Å². The van der Waals surface area contributed by atoms with Crippen LogP contribution in [0.25, 0.3) is 0 Å². The normalized spacial score (nSPS) is 27.8. The van der Waals surface area contributed by atoms with Crippen LogP contribution in [-0.4, -0.2) is 36.5 Å².